The molecule has 0 amide bonds. The van der Waals surface area contributed by atoms with Gasteiger partial charge in [0.25, 0.3) is 5.56 Å². The van der Waals surface area contributed by atoms with Crippen LogP contribution in [0, 0.1) is 5.82 Å². The highest BCUT2D eigenvalue weighted by atomic mass is 35.5. The van der Waals surface area contributed by atoms with Crippen LogP contribution in [0.3, 0.4) is 0 Å². The van der Waals surface area contributed by atoms with E-state index in [0.717, 1.165) is 13.1 Å². The van der Waals surface area contributed by atoms with Gasteiger partial charge in [0.05, 0.1) is 16.4 Å². The zero-order chi connectivity index (χ0) is 19.4. The summed E-state index contributed by atoms with van der Waals surface area (Å²) in [5.74, 6) is -0.724. The molecule has 0 atom stereocenters. The third-order valence-electron chi connectivity index (χ3n) is 4.01. The second-order valence-corrected chi connectivity index (χ2v) is 6.92. The number of hydrogen-bond donors (Lipinski definition) is 0. The number of alkyl halides is 3. The maximum atomic E-state index is 14.6. The summed E-state index contributed by atoms with van der Waals surface area (Å²) in [7, 11) is 0.877. The van der Waals surface area contributed by atoms with Gasteiger partial charge in [0.15, 0.2) is 0 Å². The van der Waals surface area contributed by atoms with Crippen molar-refractivity contribution in [2.75, 3.05) is 10.8 Å². The Bertz CT molecular complexity index is 1020. The van der Waals surface area contributed by atoms with E-state index in [1.54, 1.807) is 4.31 Å². The Kier molecular flexibility index (Phi) is 4.60. The quantitative estimate of drug-likeness (QED) is 0.564. The molecular weight excluding hydrogens is 398 g/mol. The Labute approximate surface area is 153 Å². The molecule has 0 bridgehead atoms. The third kappa shape index (κ3) is 2.81. The SMILES string of the molecule is CCN1SCc2c1c(Cl)cc(F)c2-n1c(=O)cc(C(F)(F)F)n(C)c1=O. The summed E-state index contributed by atoms with van der Waals surface area (Å²) in [5, 5.41) is 0.102. The Hall–Kier alpha value is -1.94. The third-order valence-corrected chi connectivity index (χ3v) is 5.47. The van der Waals surface area contributed by atoms with Crippen molar-refractivity contribution in [1.29, 1.82) is 0 Å². The lowest BCUT2D eigenvalue weighted by Gasteiger charge is -2.19. The maximum absolute atomic E-state index is 14.6. The molecule has 0 aliphatic carbocycles. The molecular formula is C15H12ClF4N3O2S. The summed E-state index contributed by atoms with van der Waals surface area (Å²) < 4.78 is 56.0. The number of hydrogen-bond acceptors (Lipinski definition) is 4. The van der Waals surface area contributed by atoms with Crippen LogP contribution in [0.25, 0.3) is 5.69 Å². The largest absolute Gasteiger partial charge is 0.431 e. The number of nitrogens with zero attached hydrogens (tertiary/aromatic N) is 3. The van der Waals surface area contributed by atoms with Crippen LogP contribution in [0.1, 0.15) is 18.2 Å². The van der Waals surface area contributed by atoms with Crippen LogP contribution in [-0.2, 0) is 19.0 Å². The van der Waals surface area contributed by atoms with Gasteiger partial charge in [0.1, 0.15) is 11.5 Å². The monoisotopic (exact) mass is 409 g/mol. The zero-order valence-corrected chi connectivity index (χ0v) is 15.1. The molecule has 0 saturated carbocycles. The highest BCUT2D eigenvalue weighted by Crippen LogP contribution is 2.45. The van der Waals surface area contributed by atoms with Gasteiger partial charge < -0.3 is 4.31 Å². The van der Waals surface area contributed by atoms with Gasteiger partial charge >= 0.3 is 11.9 Å². The molecule has 0 unspecified atom stereocenters. The molecule has 0 radical (unpaired) electrons. The number of aromatic nitrogens is 2. The van der Waals surface area contributed by atoms with Crippen LogP contribution in [0.15, 0.2) is 21.7 Å². The lowest BCUT2D eigenvalue weighted by molar-refractivity contribution is -0.144. The van der Waals surface area contributed by atoms with Gasteiger partial charge in [-0.25, -0.2) is 13.8 Å². The lowest BCUT2D eigenvalue weighted by atomic mass is 10.1. The van der Waals surface area contributed by atoms with E-state index < -0.39 is 28.9 Å². The van der Waals surface area contributed by atoms with Crippen LogP contribution in [0.2, 0.25) is 5.02 Å². The van der Waals surface area contributed by atoms with E-state index in [2.05, 4.69) is 0 Å². The fourth-order valence-electron chi connectivity index (χ4n) is 2.86. The minimum absolute atomic E-state index is 0.102. The summed E-state index contributed by atoms with van der Waals surface area (Å²) in [4.78, 5) is 24.7. The number of halogens is 5. The minimum atomic E-state index is -4.89. The van der Waals surface area contributed by atoms with Crippen molar-refractivity contribution in [2.45, 2.75) is 18.9 Å². The molecule has 1 aliphatic rings. The second kappa shape index (κ2) is 6.34. The Morgan fingerprint density at radius 3 is 2.46 bits per heavy atom. The van der Waals surface area contributed by atoms with Crippen LogP contribution in [0.5, 0.6) is 0 Å². The van der Waals surface area contributed by atoms with E-state index in [0.29, 0.717) is 22.4 Å². The van der Waals surface area contributed by atoms with E-state index in [1.165, 1.54) is 11.9 Å². The summed E-state index contributed by atoms with van der Waals surface area (Å²) >= 11 is 7.39. The lowest BCUT2D eigenvalue weighted by Crippen LogP contribution is -2.41. The minimum Gasteiger partial charge on any atom is -0.314 e. The molecule has 1 aromatic heterocycles. The van der Waals surface area contributed by atoms with Crippen molar-refractivity contribution in [1.82, 2.24) is 9.13 Å². The first kappa shape index (κ1) is 18.8. The fraction of sp³-hybridized carbons (Fsp3) is 0.333. The summed E-state index contributed by atoms with van der Waals surface area (Å²) in [6.07, 6.45) is -4.89. The summed E-state index contributed by atoms with van der Waals surface area (Å²) in [5.41, 5.74) is -3.58. The molecule has 2 heterocycles. The predicted octanol–water partition coefficient (Wildman–Crippen LogP) is 3.34. The highest BCUT2D eigenvalue weighted by Gasteiger charge is 2.36. The first-order valence-corrected chi connectivity index (χ1v) is 8.72. The van der Waals surface area contributed by atoms with E-state index in [9.17, 15) is 27.2 Å². The van der Waals surface area contributed by atoms with E-state index in [4.69, 9.17) is 11.6 Å². The van der Waals surface area contributed by atoms with Crippen LogP contribution in [0.4, 0.5) is 23.2 Å². The molecule has 11 heteroatoms. The van der Waals surface area contributed by atoms with Crippen LogP contribution in [-0.4, -0.2) is 15.7 Å². The summed E-state index contributed by atoms with van der Waals surface area (Å²) in [6, 6.07) is 1.23. The Morgan fingerprint density at radius 2 is 1.88 bits per heavy atom. The van der Waals surface area contributed by atoms with Crippen molar-refractivity contribution in [2.24, 2.45) is 7.05 Å². The normalized spacial score (nSPS) is 14.0. The number of rotatable bonds is 2. The molecule has 140 valence electrons. The van der Waals surface area contributed by atoms with Gasteiger partial charge in [-0.3, -0.25) is 9.36 Å². The van der Waals surface area contributed by atoms with Gasteiger partial charge in [0, 0.05) is 31.0 Å². The fourth-order valence-corrected chi connectivity index (χ4v) is 4.30. The van der Waals surface area contributed by atoms with Gasteiger partial charge in [-0.05, 0) is 24.9 Å². The van der Waals surface area contributed by atoms with Crippen LogP contribution >= 0.6 is 23.5 Å². The van der Waals surface area contributed by atoms with Gasteiger partial charge in [-0.1, -0.05) is 11.6 Å². The van der Waals surface area contributed by atoms with Gasteiger partial charge in [-0.2, -0.15) is 13.2 Å². The molecule has 0 fully saturated rings. The molecule has 2 aromatic rings. The van der Waals surface area contributed by atoms with Crippen molar-refractivity contribution >= 4 is 29.2 Å². The summed E-state index contributed by atoms with van der Waals surface area (Å²) in [6.45, 7) is 2.37. The Balaban J connectivity index is 2.37. The molecule has 1 aliphatic heterocycles. The topological polar surface area (TPSA) is 47.2 Å². The van der Waals surface area contributed by atoms with E-state index in [-0.39, 0.29) is 27.1 Å². The molecule has 0 spiro atoms. The molecule has 0 saturated heterocycles. The Morgan fingerprint density at radius 1 is 1.23 bits per heavy atom. The molecule has 1 aromatic carbocycles. The first-order chi connectivity index (χ1) is 12.1. The molecule has 26 heavy (non-hydrogen) atoms. The van der Waals surface area contributed by atoms with Crippen molar-refractivity contribution in [3.8, 4) is 5.69 Å². The number of fused-ring (bicyclic) bond motifs is 1. The first-order valence-electron chi connectivity index (χ1n) is 7.39. The molecule has 5 nitrogen and oxygen atoms in total. The van der Waals surface area contributed by atoms with E-state index in [1.807, 2.05) is 6.92 Å². The van der Waals surface area contributed by atoms with Gasteiger partial charge in [-0.15, -0.1) is 0 Å². The zero-order valence-electron chi connectivity index (χ0n) is 13.5. The highest BCUT2D eigenvalue weighted by molar-refractivity contribution is 8.00. The van der Waals surface area contributed by atoms with E-state index >= 15 is 0 Å². The average Bonchev–Trinajstić information content (AvgIpc) is 2.97. The van der Waals surface area contributed by atoms with Crippen molar-refractivity contribution in [3.05, 3.63) is 55.1 Å². The number of benzene rings is 1. The maximum Gasteiger partial charge on any atom is 0.431 e. The molecule has 3 rings (SSSR count). The predicted molar refractivity (Wildman–Crippen MR) is 91.6 cm³/mol. The van der Waals surface area contributed by atoms with Gasteiger partial charge in [0.2, 0.25) is 0 Å². The smallest absolute Gasteiger partial charge is 0.314 e. The second-order valence-electron chi connectivity index (χ2n) is 5.53. The molecule has 0 N–H and O–H groups in total. The average molecular weight is 410 g/mol. The van der Waals surface area contributed by atoms with Crippen molar-refractivity contribution < 1.29 is 17.6 Å². The standard InChI is InChI=1S/C15H12ClF4N3O2S/c1-3-22-12-7(6-26-22)13(9(17)4-8(12)16)23-11(24)5-10(15(18,19)20)21(2)14(23)25/h4-5H,3,6H2,1-2H3. The van der Waals surface area contributed by atoms with Crippen molar-refractivity contribution in [3.63, 3.8) is 0 Å². The number of anilines is 1. The van der Waals surface area contributed by atoms with Crippen LogP contribution < -0.4 is 15.6 Å².